The predicted octanol–water partition coefficient (Wildman–Crippen LogP) is 3.94. The number of anilines is 2. The maximum atomic E-state index is 12.7. The monoisotopic (exact) mass is 424 g/mol. The van der Waals surface area contributed by atoms with Gasteiger partial charge in [-0.15, -0.1) is 10.2 Å². The SMILES string of the molecule is COc1ccccc1S(=O)(=O)Nc1ccc(-c2ccc(N3CCCCC3)nn2)cc1. The van der Waals surface area contributed by atoms with E-state index in [9.17, 15) is 8.42 Å². The number of sulfonamides is 1. The van der Waals surface area contributed by atoms with Crippen LogP contribution in [0.5, 0.6) is 5.75 Å². The van der Waals surface area contributed by atoms with E-state index in [0.717, 1.165) is 30.2 Å². The van der Waals surface area contributed by atoms with Gasteiger partial charge >= 0.3 is 0 Å². The van der Waals surface area contributed by atoms with E-state index in [1.807, 2.05) is 24.3 Å². The van der Waals surface area contributed by atoms with Crippen molar-refractivity contribution < 1.29 is 13.2 Å². The third-order valence-electron chi connectivity index (χ3n) is 5.12. The van der Waals surface area contributed by atoms with Crippen LogP contribution in [0.1, 0.15) is 19.3 Å². The van der Waals surface area contributed by atoms with Crippen LogP contribution in [-0.2, 0) is 10.0 Å². The first-order valence-electron chi connectivity index (χ1n) is 9.92. The highest BCUT2D eigenvalue weighted by Crippen LogP contribution is 2.27. The molecule has 30 heavy (non-hydrogen) atoms. The lowest BCUT2D eigenvalue weighted by Crippen LogP contribution is -2.30. The molecule has 1 aliphatic heterocycles. The Morgan fingerprint density at radius 3 is 2.30 bits per heavy atom. The Labute approximate surface area is 176 Å². The quantitative estimate of drug-likeness (QED) is 0.645. The van der Waals surface area contributed by atoms with Gasteiger partial charge in [0.05, 0.1) is 12.8 Å². The van der Waals surface area contributed by atoms with Gasteiger partial charge in [-0.05, 0) is 55.7 Å². The summed E-state index contributed by atoms with van der Waals surface area (Å²) >= 11 is 0. The fraction of sp³-hybridized carbons (Fsp3) is 0.273. The standard InChI is InChI=1S/C22H24N4O3S/c1-29-20-7-3-4-8-21(20)30(27,28)25-18-11-9-17(10-12-18)19-13-14-22(24-23-19)26-15-5-2-6-16-26/h3-4,7-14,25H,2,5-6,15-16H2,1H3. The minimum Gasteiger partial charge on any atom is -0.495 e. The summed E-state index contributed by atoms with van der Waals surface area (Å²) in [7, 11) is -2.31. The van der Waals surface area contributed by atoms with Crippen LogP contribution in [0.15, 0.2) is 65.6 Å². The molecule has 0 aliphatic carbocycles. The Morgan fingerprint density at radius 2 is 1.63 bits per heavy atom. The topological polar surface area (TPSA) is 84.4 Å². The molecule has 8 heteroatoms. The third kappa shape index (κ3) is 4.38. The van der Waals surface area contributed by atoms with E-state index in [2.05, 4.69) is 19.8 Å². The predicted molar refractivity (Wildman–Crippen MR) is 117 cm³/mol. The summed E-state index contributed by atoms with van der Waals surface area (Å²) in [6, 6.07) is 17.5. The number of nitrogens with zero attached hydrogens (tertiary/aromatic N) is 3. The first kappa shape index (κ1) is 20.2. The van der Waals surface area contributed by atoms with Crippen LogP contribution in [0.4, 0.5) is 11.5 Å². The number of aromatic nitrogens is 2. The minimum atomic E-state index is -3.76. The van der Waals surface area contributed by atoms with E-state index in [-0.39, 0.29) is 4.90 Å². The Balaban J connectivity index is 1.49. The molecule has 7 nitrogen and oxygen atoms in total. The molecule has 1 fully saturated rings. The van der Waals surface area contributed by atoms with Gasteiger partial charge < -0.3 is 9.64 Å². The first-order valence-corrected chi connectivity index (χ1v) is 11.4. The van der Waals surface area contributed by atoms with E-state index in [0.29, 0.717) is 11.4 Å². The van der Waals surface area contributed by atoms with Gasteiger partial charge in [0.2, 0.25) is 0 Å². The van der Waals surface area contributed by atoms with E-state index >= 15 is 0 Å². The van der Waals surface area contributed by atoms with Crippen molar-refractivity contribution in [1.29, 1.82) is 0 Å². The van der Waals surface area contributed by atoms with Gasteiger partial charge in [-0.1, -0.05) is 24.3 Å². The molecule has 0 amide bonds. The van der Waals surface area contributed by atoms with Crippen molar-refractivity contribution in [3.63, 3.8) is 0 Å². The summed E-state index contributed by atoms with van der Waals surface area (Å²) in [5.74, 6) is 1.20. The van der Waals surface area contributed by atoms with Crippen molar-refractivity contribution in [3.05, 3.63) is 60.7 Å². The highest BCUT2D eigenvalue weighted by molar-refractivity contribution is 7.92. The Hall–Kier alpha value is -3.13. The summed E-state index contributed by atoms with van der Waals surface area (Å²) in [5, 5.41) is 8.72. The molecule has 0 unspecified atom stereocenters. The Morgan fingerprint density at radius 1 is 0.900 bits per heavy atom. The third-order valence-corrected chi connectivity index (χ3v) is 6.54. The largest absolute Gasteiger partial charge is 0.495 e. The molecule has 0 bridgehead atoms. The van der Waals surface area contributed by atoms with Crippen LogP contribution in [0.25, 0.3) is 11.3 Å². The lowest BCUT2D eigenvalue weighted by Gasteiger charge is -2.27. The number of piperidine rings is 1. The second-order valence-corrected chi connectivity index (χ2v) is 8.81. The van der Waals surface area contributed by atoms with Crippen LogP contribution in [-0.4, -0.2) is 38.8 Å². The fourth-order valence-corrected chi connectivity index (χ4v) is 4.76. The second-order valence-electron chi connectivity index (χ2n) is 7.16. The number of rotatable bonds is 6. The zero-order valence-corrected chi connectivity index (χ0v) is 17.6. The Bertz CT molecular complexity index is 1090. The number of ether oxygens (including phenoxy) is 1. The number of methoxy groups -OCH3 is 1. The lowest BCUT2D eigenvalue weighted by molar-refractivity contribution is 0.403. The van der Waals surface area contributed by atoms with Gasteiger partial charge in [0.1, 0.15) is 10.6 Å². The van der Waals surface area contributed by atoms with Crippen LogP contribution in [0, 0.1) is 0 Å². The van der Waals surface area contributed by atoms with Crippen molar-refractivity contribution in [2.24, 2.45) is 0 Å². The second kappa shape index (κ2) is 8.71. The molecule has 1 N–H and O–H groups in total. The van der Waals surface area contributed by atoms with Crippen LogP contribution >= 0.6 is 0 Å². The number of benzene rings is 2. The molecule has 1 saturated heterocycles. The van der Waals surface area contributed by atoms with Gasteiger partial charge in [-0.3, -0.25) is 4.72 Å². The lowest BCUT2D eigenvalue weighted by atomic mass is 10.1. The van der Waals surface area contributed by atoms with Crippen LogP contribution in [0.2, 0.25) is 0 Å². The molecule has 0 spiro atoms. The molecular formula is C22H24N4O3S. The molecule has 1 aromatic heterocycles. The maximum Gasteiger partial charge on any atom is 0.265 e. The summed E-state index contributed by atoms with van der Waals surface area (Å²) in [5.41, 5.74) is 2.07. The fourth-order valence-electron chi connectivity index (χ4n) is 3.53. The number of hydrogen-bond acceptors (Lipinski definition) is 6. The van der Waals surface area contributed by atoms with Crippen LogP contribution in [0.3, 0.4) is 0 Å². The first-order chi connectivity index (χ1) is 14.6. The van der Waals surface area contributed by atoms with E-state index in [1.165, 1.54) is 32.4 Å². The number of hydrogen-bond donors (Lipinski definition) is 1. The molecule has 0 atom stereocenters. The van der Waals surface area contributed by atoms with Gasteiger partial charge in [0, 0.05) is 24.3 Å². The van der Waals surface area contributed by atoms with Crippen molar-refractivity contribution in [3.8, 4) is 17.0 Å². The molecular weight excluding hydrogens is 400 g/mol. The zero-order chi connectivity index (χ0) is 21.0. The van der Waals surface area contributed by atoms with Gasteiger partial charge in [0.25, 0.3) is 10.0 Å². The van der Waals surface area contributed by atoms with Crippen molar-refractivity contribution in [2.45, 2.75) is 24.2 Å². The van der Waals surface area contributed by atoms with Crippen molar-refractivity contribution >= 4 is 21.5 Å². The molecule has 1 aliphatic rings. The molecule has 4 rings (SSSR count). The average Bonchev–Trinajstić information content (AvgIpc) is 2.80. The summed E-state index contributed by atoms with van der Waals surface area (Å²) in [4.78, 5) is 2.35. The molecule has 156 valence electrons. The zero-order valence-electron chi connectivity index (χ0n) is 16.8. The van der Waals surface area contributed by atoms with Gasteiger partial charge in [0.15, 0.2) is 5.82 Å². The molecule has 3 aromatic rings. The number of para-hydroxylation sites is 1. The smallest absolute Gasteiger partial charge is 0.265 e. The summed E-state index contributed by atoms with van der Waals surface area (Å²) < 4.78 is 33.2. The summed E-state index contributed by atoms with van der Waals surface area (Å²) in [6.07, 6.45) is 3.65. The van der Waals surface area contributed by atoms with Gasteiger partial charge in [-0.2, -0.15) is 0 Å². The normalized spacial score (nSPS) is 14.4. The molecule has 2 heterocycles. The van der Waals surface area contributed by atoms with Crippen molar-refractivity contribution in [2.75, 3.05) is 29.8 Å². The highest BCUT2D eigenvalue weighted by Gasteiger charge is 2.19. The molecule has 0 radical (unpaired) electrons. The Kier molecular flexibility index (Phi) is 5.85. The van der Waals surface area contributed by atoms with Crippen LogP contribution < -0.4 is 14.4 Å². The number of nitrogens with one attached hydrogen (secondary N) is 1. The van der Waals surface area contributed by atoms with Crippen molar-refractivity contribution in [1.82, 2.24) is 10.2 Å². The van der Waals surface area contributed by atoms with E-state index in [4.69, 9.17) is 4.74 Å². The molecule has 2 aromatic carbocycles. The maximum absolute atomic E-state index is 12.7. The minimum absolute atomic E-state index is 0.0933. The average molecular weight is 425 g/mol. The molecule has 0 saturated carbocycles. The van der Waals surface area contributed by atoms with Gasteiger partial charge in [-0.25, -0.2) is 8.42 Å². The highest BCUT2D eigenvalue weighted by atomic mass is 32.2. The van der Waals surface area contributed by atoms with E-state index < -0.39 is 10.0 Å². The summed E-state index contributed by atoms with van der Waals surface area (Å²) in [6.45, 7) is 2.05. The van der Waals surface area contributed by atoms with E-state index in [1.54, 1.807) is 30.3 Å².